The quantitative estimate of drug-likeness (QED) is 0.839. The van der Waals surface area contributed by atoms with Crippen LogP contribution in [0.15, 0.2) is 36.8 Å². The number of rotatable bonds is 3. The van der Waals surface area contributed by atoms with Crippen LogP contribution in [-0.4, -0.2) is 15.1 Å². The van der Waals surface area contributed by atoms with Gasteiger partial charge in [0.1, 0.15) is 5.82 Å². The minimum absolute atomic E-state index is 0.381. The predicted octanol–water partition coefficient (Wildman–Crippen LogP) is 1.64. The van der Waals surface area contributed by atoms with Crippen molar-refractivity contribution in [2.45, 2.75) is 19.4 Å². The second kappa shape index (κ2) is 4.93. The van der Waals surface area contributed by atoms with Crippen LogP contribution in [0.4, 0.5) is 5.82 Å². The molecule has 4 nitrogen and oxygen atoms in total. The molecular formula is C13H15N3O. The second-order valence-electron chi connectivity index (χ2n) is 4.07. The van der Waals surface area contributed by atoms with Gasteiger partial charge >= 0.3 is 0 Å². The summed E-state index contributed by atoms with van der Waals surface area (Å²) in [6, 6.07) is 5.64. The van der Waals surface area contributed by atoms with Crippen molar-refractivity contribution < 1.29 is 5.11 Å². The number of aryl methyl sites for hydroxylation is 1. The molecule has 0 aliphatic heterocycles. The number of aromatic nitrogens is 2. The second-order valence-corrected chi connectivity index (χ2v) is 4.07. The minimum atomic E-state index is -0.647. The van der Waals surface area contributed by atoms with Crippen LogP contribution in [0.3, 0.4) is 0 Å². The van der Waals surface area contributed by atoms with E-state index in [1.807, 2.05) is 25.1 Å². The van der Waals surface area contributed by atoms with E-state index < -0.39 is 6.10 Å². The van der Waals surface area contributed by atoms with Crippen LogP contribution < -0.4 is 5.73 Å². The topological polar surface area (TPSA) is 72.0 Å². The average Bonchev–Trinajstić information content (AvgIpc) is 2.33. The normalized spacial score (nSPS) is 12.4. The fourth-order valence-corrected chi connectivity index (χ4v) is 1.72. The van der Waals surface area contributed by atoms with Crippen molar-refractivity contribution in [3.63, 3.8) is 0 Å². The van der Waals surface area contributed by atoms with Gasteiger partial charge < -0.3 is 10.8 Å². The van der Waals surface area contributed by atoms with E-state index in [4.69, 9.17) is 5.73 Å². The molecule has 1 unspecified atom stereocenters. The fraction of sp³-hybridized carbons (Fsp3) is 0.231. The van der Waals surface area contributed by atoms with Crippen LogP contribution >= 0.6 is 0 Å². The number of nitrogens with two attached hydrogens (primary N) is 1. The third-order valence-corrected chi connectivity index (χ3v) is 2.60. The van der Waals surface area contributed by atoms with Crippen LogP contribution in [0, 0.1) is 6.92 Å². The lowest BCUT2D eigenvalue weighted by molar-refractivity contribution is 0.178. The highest BCUT2D eigenvalue weighted by Crippen LogP contribution is 2.22. The largest absolute Gasteiger partial charge is 0.388 e. The summed E-state index contributed by atoms with van der Waals surface area (Å²) in [7, 11) is 0. The van der Waals surface area contributed by atoms with Crippen molar-refractivity contribution in [3.05, 3.63) is 53.5 Å². The van der Waals surface area contributed by atoms with Gasteiger partial charge in [-0.2, -0.15) is 0 Å². The molecule has 1 atom stereocenters. The molecule has 0 amide bonds. The Morgan fingerprint density at radius 1 is 1.41 bits per heavy atom. The molecule has 0 spiro atoms. The van der Waals surface area contributed by atoms with E-state index in [0.717, 1.165) is 11.1 Å². The zero-order chi connectivity index (χ0) is 12.3. The highest BCUT2D eigenvalue weighted by Gasteiger charge is 2.13. The first kappa shape index (κ1) is 11.5. The number of aliphatic hydroxyl groups excluding tert-OH is 1. The minimum Gasteiger partial charge on any atom is -0.388 e. The van der Waals surface area contributed by atoms with Gasteiger partial charge in [-0.3, -0.25) is 4.98 Å². The summed E-state index contributed by atoms with van der Waals surface area (Å²) in [5, 5.41) is 10.1. The zero-order valence-corrected chi connectivity index (χ0v) is 9.67. The van der Waals surface area contributed by atoms with Crippen molar-refractivity contribution in [2.24, 2.45) is 0 Å². The van der Waals surface area contributed by atoms with Crippen molar-refractivity contribution >= 4 is 5.82 Å². The Bertz CT molecular complexity index is 499. The summed E-state index contributed by atoms with van der Waals surface area (Å²) >= 11 is 0. The molecule has 0 saturated heterocycles. The fourth-order valence-electron chi connectivity index (χ4n) is 1.72. The van der Waals surface area contributed by atoms with Crippen LogP contribution in [0.1, 0.15) is 22.8 Å². The van der Waals surface area contributed by atoms with Crippen LogP contribution in [0.5, 0.6) is 0 Å². The van der Waals surface area contributed by atoms with Gasteiger partial charge in [-0.1, -0.05) is 6.07 Å². The highest BCUT2D eigenvalue weighted by atomic mass is 16.3. The lowest BCUT2D eigenvalue weighted by Crippen LogP contribution is -2.07. The van der Waals surface area contributed by atoms with Crippen LogP contribution in [0.2, 0.25) is 0 Å². The number of hydrogen-bond donors (Lipinski definition) is 2. The van der Waals surface area contributed by atoms with Crippen LogP contribution in [0.25, 0.3) is 0 Å². The summed E-state index contributed by atoms with van der Waals surface area (Å²) in [4.78, 5) is 8.06. The molecule has 0 radical (unpaired) electrons. The first-order valence-electron chi connectivity index (χ1n) is 5.46. The van der Waals surface area contributed by atoms with E-state index >= 15 is 0 Å². The van der Waals surface area contributed by atoms with Crippen molar-refractivity contribution in [1.82, 2.24) is 9.97 Å². The smallest absolute Gasteiger partial charge is 0.129 e. The number of pyridine rings is 2. The molecule has 0 fully saturated rings. The summed E-state index contributed by atoms with van der Waals surface area (Å²) in [6.07, 6.45) is 4.98. The van der Waals surface area contributed by atoms with E-state index in [1.54, 1.807) is 18.6 Å². The van der Waals surface area contributed by atoms with Crippen molar-refractivity contribution in [1.29, 1.82) is 0 Å². The summed E-state index contributed by atoms with van der Waals surface area (Å²) in [5.41, 5.74) is 8.39. The Morgan fingerprint density at radius 2 is 2.24 bits per heavy atom. The van der Waals surface area contributed by atoms with Gasteiger partial charge in [0, 0.05) is 30.6 Å². The molecule has 2 aromatic heterocycles. The van der Waals surface area contributed by atoms with E-state index in [2.05, 4.69) is 9.97 Å². The molecule has 88 valence electrons. The average molecular weight is 229 g/mol. The lowest BCUT2D eigenvalue weighted by Gasteiger charge is -2.13. The number of anilines is 1. The van der Waals surface area contributed by atoms with Crippen LogP contribution in [-0.2, 0) is 6.42 Å². The Morgan fingerprint density at radius 3 is 2.94 bits per heavy atom. The predicted molar refractivity (Wildman–Crippen MR) is 66.3 cm³/mol. The molecule has 0 aliphatic carbocycles. The molecule has 0 aromatic carbocycles. The standard InChI is InChI=1S/C13H15N3O/c1-9-5-11(13(14)16-7-9)12(17)6-10-3-2-4-15-8-10/h2-5,7-8,12,17H,6H2,1H3,(H2,14,16). The molecule has 17 heavy (non-hydrogen) atoms. The van der Waals surface area contributed by atoms with Gasteiger partial charge in [-0.25, -0.2) is 4.98 Å². The molecule has 2 heterocycles. The van der Waals surface area contributed by atoms with Gasteiger partial charge in [0.2, 0.25) is 0 Å². The third kappa shape index (κ3) is 2.79. The lowest BCUT2D eigenvalue weighted by atomic mass is 10.0. The molecule has 4 heteroatoms. The third-order valence-electron chi connectivity index (χ3n) is 2.60. The maximum Gasteiger partial charge on any atom is 0.129 e. The van der Waals surface area contributed by atoms with E-state index in [-0.39, 0.29) is 0 Å². The Hall–Kier alpha value is -1.94. The van der Waals surface area contributed by atoms with Gasteiger partial charge in [-0.15, -0.1) is 0 Å². The SMILES string of the molecule is Cc1cnc(N)c(C(O)Cc2cccnc2)c1. The van der Waals surface area contributed by atoms with Gasteiger partial charge in [0.15, 0.2) is 0 Å². The zero-order valence-electron chi connectivity index (χ0n) is 9.67. The Labute approximate surface area is 100 Å². The summed E-state index contributed by atoms with van der Waals surface area (Å²) < 4.78 is 0. The first-order chi connectivity index (χ1) is 8.16. The van der Waals surface area contributed by atoms with Gasteiger partial charge in [-0.05, 0) is 30.2 Å². The van der Waals surface area contributed by atoms with E-state index in [0.29, 0.717) is 17.8 Å². The van der Waals surface area contributed by atoms with Crippen molar-refractivity contribution in [2.75, 3.05) is 5.73 Å². The maximum atomic E-state index is 10.1. The monoisotopic (exact) mass is 229 g/mol. The van der Waals surface area contributed by atoms with E-state index in [9.17, 15) is 5.11 Å². The molecule has 2 aromatic rings. The number of hydrogen-bond acceptors (Lipinski definition) is 4. The van der Waals surface area contributed by atoms with Gasteiger partial charge in [0.05, 0.1) is 6.10 Å². The number of aliphatic hydroxyl groups is 1. The summed E-state index contributed by atoms with van der Waals surface area (Å²) in [6.45, 7) is 1.92. The molecule has 0 saturated carbocycles. The molecule has 0 bridgehead atoms. The van der Waals surface area contributed by atoms with E-state index in [1.165, 1.54) is 0 Å². The Balaban J connectivity index is 2.20. The summed E-state index contributed by atoms with van der Waals surface area (Å²) in [5.74, 6) is 0.381. The number of nitrogens with zero attached hydrogens (tertiary/aromatic N) is 2. The molecular weight excluding hydrogens is 214 g/mol. The molecule has 3 N–H and O–H groups in total. The Kier molecular flexibility index (Phi) is 3.35. The maximum absolute atomic E-state index is 10.1. The van der Waals surface area contributed by atoms with Crippen molar-refractivity contribution in [3.8, 4) is 0 Å². The first-order valence-corrected chi connectivity index (χ1v) is 5.46. The van der Waals surface area contributed by atoms with Gasteiger partial charge in [0.25, 0.3) is 0 Å². The number of nitrogen functional groups attached to an aromatic ring is 1. The molecule has 0 aliphatic rings. The highest BCUT2D eigenvalue weighted by molar-refractivity contribution is 5.42. The molecule has 2 rings (SSSR count).